The first-order chi connectivity index (χ1) is 13.1. The third-order valence-corrected chi connectivity index (χ3v) is 4.84. The van der Waals surface area contributed by atoms with Crippen molar-refractivity contribution in [3.8, 4) is 0 Å². The highest BCUT2D eigenvalue weighted by molar-refractivity contribution is 5.81. The van der Waals surface area contributed by atoms with E-state index in [1.807, 2.05) is 0 Å². The molecule has 2 aliphatic rings. The van der Waals surface area contributed by atoms with Gasteiger partial charge in [0.15, 0.2) is 5.69 Å². The maximum atomic E-state index is 13.0. The second kappa shape index (κ2) is 7.24. The van der Waals surface area contributed by atoms with E-state index < -0.39 is 38.6 Å². The molecule has 1 aliphatic carbocycles. The maximum Gasteiger partial charge on any atom is 0.416 e. The SMILES string of the molecule is O=C(C1CC1)N1CCCN(c2c([N+](=O)[O-])cc(C(F)(F)F)cc2[N+](=O)[O-])CC1. The molecule has 9 nitrogen and oxygen atoms in total. The van der Waals surface area contributed by atoms with Crippen molar-refractivity contribution in [2.45, 2.75) is 25.4 Å². The molecule has 0 N–H and O–H groups in total. The van der Waals surface area contributed by atoms with Crippen LogP contribution in [0.1, 0.15) is 24.8 Å². The molecule has 0 radical (unpaired) electrons. The average Bonchev–Trinajstić information content (AvgIpc) is 3.45. The zero-order chi connectivity index (χ0) is 20.6. The molecule has 12 heteroatoms. The molecule has 3 rings (SSSR count). The molecule has 1 saturated heterocycles. The van der Waals surface area contributed by atoms with Crippen LogP contribution in [0.5, 0.6) is 0 Å². The van der Waals surface area contributed by atoms with Gasteiger partial charge in [-0.1, -0.05) is 0 Å². The molecular weight excluding hydrogens is 385 g/mol. The predicted octanol–water partition coefficient (Wildman–Crippen LogP) is 2.97. The number of nitro groups is 2. The minimum absolute atomic E-state index is 0.0127. The summed E-state index contributed by atoms with van der Waals surface area (Å²) in [6, 6.07) is 0.640. The van der Waals surface area contributed by atoms with Crippen molar-refractivity contribution in [3.05, 3.63) is 37.9 Å². The fraction of sp³-hybridized carbons (Fsp3) is 0.562. The minimum atomic E-state index is -4.96. The summed E-state index contributed by atoms with van der Waals surface area (Å²) in [6.45, 7) is 0.811. The Morgan fingerprint density at radius 1 is 1.00 bits per heavy atom. The van der Waals surface area contributed by atoms with Gasteiger partial charge in [-0.25, -0.2) is 0 Å². The lowest BCUT2D eigenvalue weighted by Crippen LogP contribution is -2.36. The van der Waals surface area contributed by atoms with Gasteiger partial charge in [-0.05, 0) is 19.3 Å². The van der Waals surface area contributed by atoms with Gasteiger partial charge < -0.3 is 9.80 Å². The molecular formula is C16H17F3N4O5. The van der Waals surface area contributed by atoms with Crippen LogP contribution >= 0.6 is 0 Å². The number of anilines is 1. The van der Waals surface area contributed by atoms with E-state index in [1.54, 1.807) is 4.90 Å². The largest absolute Gasteiger partial charge is 0.416 e. The highest BCUT2D eigenvalue weighted by Gasteiger charge is 2.40. The standard InChI is InChI=1S/C16H17F3N4O5/c17-16(18,19)11-8-12(22(25)26)14(13(9-11)23(27)28)20-4-1-5-21(7-6-20)15(24)10-2-3-10/h8-10H,1-7H2. The van der Waals surface area contributed by atoms with Gasteiger partial charge in [0, 0.05) is 44.2 Å². The summed E-state index contributed by atoms with van der Waals surface area (Å²) in [7, 11) is 0. The van der Waals surface area contributed by atoms with Crippen LogP contribution in [0.3, 0.4) is 0 Å². The van der Waals surface area contributed by atoms with Crippen LogP contribution in [0.15, 0.2) is 12.1 Å². The van der Waals surface area contributed by atoms with Gasteiger partial charge >= 0.3 is 6.18 Å². The monoisotopic (exact) mass is 402 g/mol. The van der Waals surface area contributed by atoms with Gasteiger partial charge in [0.25, 0.3) is 11.4 Å². The van der Waals surface area contributed by atoms with Crippen LogP contribution in [0.4, 0.5) is 30.2 Å². The van der Waals surface area contributed by atoms with Crippen LogP contribution in [-0.4, -0.2) is 46.8 Å². The molecule has 0 spiro atoms. The Kier molecular flexibility index (Phi) is 5.13. The first-order valence-electron chi connectivity index (χ1n) is 8.67. The van der Waals surface area contributed by atoms with Crippen molar-refractivity contribution < 1.29 is 27.8 Å². The van der Waals surface area contributed by atoms with E-state index in [-0.39, 0.29) is 31.5 Å². The van der Waals surface area contributed by atoms with E-state index in [2.05, 4.69) is 0 Å². The number of hydrogen-bond donors (Lipinski definition) is 0. The Morgan fingerprint density at radius 2 is 1.57 bits per heavy atom. The van der Waals surface area contributed by atoms with Crippen LogP contribution in [-0.2, 0) is 11.0 Å². The Labute approximate surface area is 157 Å². The Hall–Kier alpha value is -2.92. The molecule has 1 aromatic carbocycles. The topological polar surface area (TPSA) is 110 Å². The normalized spacial score (nSPS) is 18.0. The van der Waals surface area contributed by atoms with Gasteiger partial charge in [-0.3, -0.25) is 25.0 Å². The second-order valence-corrected chi connectivity index (χ2v) is 6.82. The smallest absolute Gasteiger partial charge is 0.358 e. The number of carbonyl (C=O) groups excluding carboxylic acids is 1. The summed E-state index contributed by atoms with van der Waals surface area (Å²) in [5, 5.41) is 22.8. The molecule has 1 aromatic rings. The lowest BCUT2D eigenvalue weighted by molar-refractivity contribution is -0.393. The van der Waals surface area contributed by atoms with E-state index in [1.165, 1.54) is 4.90 Å². The number of carbonyl (C=O) groups is 1. The van der Waals surface area contributed by atoms with Gasteiger partial charge in [-0.2, -0.15) is 13.2 Å². The maximum absolute atomic E-state index is 13.0. The first kappa shape index (κ1) is 19.8. The predicted molar refractivity (Wildman–Crippen MR) is 90.9 cm³/mol. The highest BCUT2D eigenvalue weighted by Crippen LogP contribution is 2.43. The van der Waals surface area contributed by atoms with Gasteiger partial charge in [0.2, 0.25) is 5.91 Å². The van der Waals surface area contributed by atoms with Crippen molar-refractivity contribution in [2.24, 2.45) is 5.92 Å². The molecule has 0 unspecified atom stereocenters. The van der Waals surface area contributed by atoms with Crippen LogP contribution in [0.25, 0.3) is 0 Å². The molecule has 1 saturated carbocycles. The van der Waals surface area contributed by atoms with Crippen molar-refractivity contribution >= 4 is 23.0 Å². The van der Waals surface area contributed by atoms with Crippen molar-refractivity contribution in [3.63, 3.8) is 0 Å². The third-order valence-electron chi connectivity index (χ3n) is 4.84. The van der Waals surface area contributed by atoms with Crippen molar-refractivity contribution in [1.29, 1.82) is 0 Å². The fourth-order valence-corrected chi connectivity index (χ4v) is 3.32. The highest BCUT2D eigenvalue weighted by atomic mass is 19.4. The summed E-state index contributed by atoms with van der Waals surface area (Å²) in [4.78, 5) is 35.9. The quantitative estimate of drug-likeness (QED) is 0.566. The van der Waals surface area contributed by atoms with E-state index in [0.29, 0.717) is 25.1 Å². The number of halogens is 3. The lowest BCUT2D eigenvalue weighted by Gasteiger charge is -2.23. The van der Waals surface area contributed by atoms with Crippen molar-refractivity contribution in [2.75, 3.05) is 31.1 Å². The average molecular weight is 402 g/mol. The van der Waals surface area contributed by atoms with Gasteiger partial charge in [0.1, 0.15) is 0 Å². The molecule has 1 aliphatic heterocycles. The zero-order valence-corrected chi connectivity index (χ0v) is 14.6. The number of alkyl halides is 3. The number of benzene rings is 1. The summed E-state index contributed by atoms with van der Waals surface area (Å²) in [5.41, 5.74) is -3.84. The molecule has 1 heterocycles. The molecule has 152 valence electrons. The Morgan fingerprint density at radius 3 is 2.04 bits per heavy atom. The zero-order valence-electron chi connectivity index (χ0n) is 14.6. The molecule has 0 atom stereocenters. The van der Waals surface area contributed by atoms with Crippen molar-refractivity contribution in [1.82, 2.24) is 4.90 Å². The first-order valence-corrected chi connectivity index (χ1v) is 8.67. The summed E-state index contributed by atoms with van der Waals surface area (Å²) >= 11 is 0. The molecule has 0 bridgehead atoms. The van der Waals surface area contributed by atoms with E-state index >= 15 is 0 Å². The third kappa shape index (κ3) is 3.99. The molecule has 28 heavy (non-hydrogen) atoms. The van der Waals surface area contributed by atoms with Crippen LogP contribution in [0, 0.1) is 26.1 Å². The minimum Gasteiger partial charge on any atom is -0.358 e. The van der Waals surface area contributed by atoms with E-state index in [4.69, 9.17) is 0 Å². The Bertz CT molecular complexity index is 790. The number of amides is 1. The number of rotatable bonds is 4. The van der Waals surface area contributed by atoms with E-state index in [9.17, 15) is 38.2 Å². The fourth-order valence-electron chi connectivity index (χ4n) is 3.32. The summed E-state index contributed by atoms with van der Waals surface area (Å²) in [5.74, 6) is -0.0282. The molecule has 2 fully saturated rings. The molecule has 1 amide bonds. The number of hydrogen-bond acceptors (Lipinski definition) is 6. The van der Waals surface area contributed by atoms with Crippen LogP contribution < -0.4 is 4.90 Å². The van der Waals surface area contributed by atoms with Gasteiger partial charge in [-0.15, -0.1) is 0 Å². The Balaban J connectivity index is 1.98. The van der Waals surface area contributed by atoms with E-state index in [0.717, 1.165) is 12.8 Å². The van der Waals surface area contributed by atoms with Crippen LogP contribution in [0.2, 0.25) is 0 Å². The second-order valence-electron chi connectivity index (χ2n) is 6.82. The summed E-state index contributed by atoms with van der Waals surface area (Å²) in [6.07, 6.45) is -2.93. The lowest BCUT2D eigenvalue weighted by atomic mass is 10.1. The summed E-state index contributed by atoms with van der Waals surface area (Å²) < 4.78 is 39.1. The van der Waals surface area contributed by atoms with Gasteiger partial charge in [0.05, 0.1) is 15.4 Å². The molecule has 0 aromatic heterocycles. The number of nitrogens with zero attached hydrogens (tertiary/aromatic N) is 4. The number of nitro benzene ring substituents is 2.